The maximum Gasteiger partial charge on any atom is 0.0497 e. The molecule has 12 heavy (non-hydrogen) atoms. The molecule has 0 amide bonds. The number of hydrogen-bond donors (Lipinski definition) is 0. The minimum atomic E-state index is -3.57. The van der Waals surface area contributed by atoms with Crippen molar-refractivity contribution < 1.29 is 16.4 Å². The highest BCUT2D eigenvalue weighted by molar-refractivity contribution is 9.10. The van der Waals surface area contributed by atoms with Crippen molar-refractivity contribution >= 4 is 15.9 Å². The minimum Gasteiger partial charge on any atom is -0.260 e. The zero-order chi connectivity index (χ0) is 19.4. The first kappa shape index (κ1) is 2.35. The van der Waals surface area contributed by atoms with Crippen molar-refractivity contribution in [2.75, 3.05) is 0 Å². The molecular formula is C10H14BrN. The number of halogens is 1. The van der Waals surface area contributed by atoms with Gasteiger partial charge in [-0.25, -0.2) is 0 Å². The summed E-state index contributed by atoms with van der Waals surface area (Å²) in [4.78, 5) is 3.61. The van der Waals surface area contributed by atoms with Gasteiger partial charge in [-0.15, -0.1) is 0 Å². The van der Waals surface area contributed by atoms with Crippen molar-refractivity contribution in [1.82, 2.24) is 4.98 Å². The van der Waals surface area contributed by atoms with Crippen molar-refractivity contribution in [3.05, 3.63) is 28.0 Å². The Hall–Kier alpha value is -0.370. The number of rotatable bonds is 0. The van der Waals surface area contributed by atoms with Crippen LogP contribution in [0.15, 0.2) is 16.7 Å². The van der Waals surface area contributed by atoms with Gasteiger partial charge in [0.15, 0.2) is 0 Å². The Morgan fingerprint density at radius 3 is 2.83 bits per heavy atom. The van der Waals surface area contributed by atoms with E-state index in [1.807, 2.05) is 0 Å². The van der Waals surface area contributed by atoms with Gasteiger partial charge in [0.2, 0.25) is 0 Å². The zero-order valence-electron chi connectivity index (χ0n) is 18.0. The second kappa shape index (κ2) is 3.17. The summed E-state index contributed by atoms with van der Waals surface area (Å²) in [5, 5.41) is 0. The van der Waals surface area contributed by atoms with Gasteiger partial charge in [-0.2, -0.15) is 0 Å². The summed E-state index contributed by atoms with van der Waals surface area (Å²) in [6.45, 7) is -13.7. The molecule has 0 atom stereocenters. The Morgan fingerprint density at radius 1 is 1.50 bits per heavy atom. The molecule has 0 saturated carbocycles. The monoisotopic (exact) mass is 239 g/mol. The molecule has 1 heterocycles. The minimum absolute atomic E-state index is 0.144. The van der Waals surface area contributed by atoms with E-state index in [1.54, 1.807) is 0 Å². The molecule has 1 rings (SSSR count). The Labute approximate surface area is 99.2 Å². The molecule has 0 N–H and O–H groups in total. The number of pyridine rings is 1. The maximum absolute atomic E-state index is 7.63. The van der Waals surface area contributed by atoms with Crippen LogP contribution in [-0.2, 0) is 5.41 Å². The zero-order valence-corrected chi connectivity index (χ0v) is 7.57. The molecule has 1 nitrogen and oxygen atoms in total. The van der Waals surface area contributed by atoms with Crippen LogP contribution in [-0.4, -0.2) is 4.98 Å². The summed E-state index contributed by atoms with van der Waals surface area (Å²) in [5.41, 5.74) is -5.20. The molecule has 1 aromatic heterocycles. The van der Waals surface area contributed by atoms with Crippen molar-refractivity contribution in [3.63, 3.8) is 0 Å². The van der Waals surface area contributed by atoms with Crippen LogP contribution in [0.25, 0.3) is 0 Å². The van der Waals surface area contributed by atoms with Gasteiger partial charge in [-0.1, -0.05) is 36.5 Å². The Balaban J connectivity index is 4.16. The highest BCUT2D eigenvalue weighted by atomic mass is 79.9. The molecule has 0 saturated heterocycles. The first-order chi connectivity index (χ1) is 10.4. The molecule has 0 spiro atoms. The van der Waals surface area contributed by atoms with Crippen LogP contribution in [0.5, 0.6) is 0 Å². The van der Waals surface area contributed by atoms with E-state index in [0.29, 0.717) is 0 Å². The van der Waals surface area contributed by atoms with Crippen LogP contribution in [0.3, 0.4) is 0 Å². The van der Waals surface area contributed by atoms with E-state index in [-0.39, 0.29) is 4.47 Å². The summed E-state index contributed by atoms with van der Waals surface area (Å²) >= 11 is 2.92. The van der Waals surface area contributed by atoms with E-state index in [4.69, 9.17) is 16.4 Å². The lowest BCUT2D eigenvalue weighted by molar-refractivity contribution is 0.563. The molecule has 2 heteroatoms. The Bertz CT molecular complexity index is 572. The summed E-state index contributed by atoms with van der Waals surface area (Å²) in [6, 6.07) is 1.18. The van der Waals surface area contributed by atoms with Gasteiger partial charge in [0.1, 0.15) is 0 Å². The van der Waals surface area contributed by atoms with Gasteiger partial charge < -0.3 is 0 Å². The highest BCUT2D eigenvalue weighted by Gasteiger charge is 2.18. The summed E-state index contributed by atoms with van der Waals surface area (Å²) in [6.07, 6.45) is 0.965. The molecule has 0 bridgehead atoms. The molecule has 0 aromatic carbocycles. The fourth-order valence-electron chi connectivity index (χ4n) is 0.723. The van der Waals surface area contributed by atoms with E-state index in [0.717, 1.165) is 6.20 Å². The van der Waals surface area contributed by atoms with Gasteiger partial charge in [0.05, 0.1) is 0 Å². The predicted octanol–water partition coefficient (Wildman–Crippen LogP) is 3.45. The van der Waals surface area contributed by atoms with Crippen LogP contribution < -0.4 is 0 Å². The standard InChI is InChI=1S/C10H14BrN/c1-7-8(11)5-6-12-9(7)10(2,3)4/h5-6H,1-4H3/i1D3,2D3,3D3,4D3. The third kappa shape index (κ3) is 1.86. The number of hydrogen-bond acceptors (Lipinski definition) is 1. The summed E-state index contributed by atoms with van der Waals surface area (Å²) in [7, 11) is 0. The van der Waals surface area contributed by atoms with Gasteiger partial charge in [-0.3, -0.25) is 4.98 Å². The van der Waals surface area contributed by atoms with Crippen LogP contribution in [0.2, 0.25) is 0 Å². The smallest absolute Gasteiger partial charge is 0.0497 e. The Morgan fingerprint density at radius 2 is 2.25 bits per heavy atom. The van der Waals surface area contributed by atoms with E-state index in [2.05, 4.69) is 20.9 Å². The van der Waals surface area contributed by atoms with Crippen molar-refractivity contribution in [1.29, 1.82) is 0 Å². The average molecular weight is 240 g/mol. The first-order valence-electron chi connectivity index (χ1n) is 9.04. The second-order valence-corrected chi connectivity index (χ2v) is 3.12. The van der Waals surface area contributed by atoms with E-state index in [1.165, 1.54) is 6.07 Å². The molecule has 0 fully saturated rings. The van der Waals surface area contributed by atoms with Crippen LogP contribution >= 0.6 is 15.9 Å². The number of aromatic nitrogens is 1. The molecule has 1 aromatic rings. The third-order valence-corrected chi connectivity index (χ3v) is 1.92. The fraction of sp³-hybridized carbons (Fsp3) is 0.500. The molecular weight excluding hydrogens is 214 g/mol. The average Bonchev–Trinajstić information content (AvgIpc) is 2.20. The van der Waals surface area contributed by atoms with E-state index >= 15 is 0 Å². The van der Waals surface area contributed by atoms with Crippen molar-refractivity contribution in [2.24, 2.45) is 0 Å². The topological polar surface area (TPSA) is 12.9 Å². The SMILES string of the molecule is [2H]C([2H])([2H])c1c(Br)ccnc1C(C([2H])([2H])[2H])(C([2H])([2H])[2H])C([2H])([2H])[2H]. The van der Waals surface area contributed by atoms with Gasteiger partial charge >= 0.3 is 0 Å². The van der Waals surface area contributed by atoms with Gasteiger partial charge in [-0.05, 0) is 18.5 Å². The molecule has 0 aliphatic carbocycles. The molecule has 0 aliphatic rings. The second-order valence-electron chi connectivity index (χ2n) is 2.27. The van der Waals surface area contributed by atoms with Crippen LogP contribution in [0.4, 0.5) is 0 Å². The van der Waals surface area contributed by atoms with Crippen molar-refractivity contribution in [3.8, 4) is 0 Å². The summed E-state index contributed by atoms with van der Waals surface area (Å²) in [5.74, 6) is 0. The quantitative estimate of drug-likeness (QED) is 0.676. The molecule has 0 radical (unpaired) electrons. The lowest BCUT2D eigenvalue weighted by Crippen LogP contribution is -2.15. The molecule has 66 valence electrons. The van der Waals surface area contributed by atoms with Crippen LogP contribution in [0, 0.1) is 6.85 Å². The lowest BCUT2D eigenvalue weighted by atomic mass is 9.89. The van der Waals surface area contributed by atoms with E-state index < -0.39 is 44.1 Å². The van der Waals surface area contributed by atoms with Gasteiger partial charge in [0, 0.05) is 38.2 Å². The van der Waals surface area contributed by atoms with Gasteiger partial charge in [0.25, 0.3) is 0 Å². The normalized spacial score (nSPS) is 30.8. The third-order valence-electron chi connectivity index (χ3n) is 1.26. The predicted molar refractivity (Wildman–Crippen MR) is 55.4 cm³/mol. The summed E-state index contributed by atoms with van der Waals surface area (Å²) < 4.78 is 91.2. The first-order valence-corrected chi connectivity index (χ1v) is 3.84. The Kier molecular flexibility index (Phi) is 0.622. The maximum atomic E-state index is 7.63. The largest absolute Gasteiger partial charge is 0.260 e. The van der Waals surface area contributed by atoms with Crippen LogP contribution in [0.1, 0.15) is 48.3 Å². The fourth-order valence-corrected chi connectivity index (χ4v) is 1.03. The lowest BCUT2D eigenvalue weighted by Gasteiger charge is -2.20. The molecule has 0 aliphatic heterocycles. The van der Waals surface area contributed by atoms with Crippen molar-refractivity contribution in [2.45, 2.75) is 32.8 Å². The number of nitrogens with zero attached hydrogens (tertiary/aromatic N) is 1. The molecule has 0 unspecified atom stereocenters. The highest BCUT2D eigenvalue weighted by Crippen LogP contribution is 2.27. The van der Waals surface area contributed by atoms with E-state index in [9.17, 15) is 0 Å².